The molecule has 1 aliphatic heterocycles. The highest BCUT2D eigenvalue weighted by atomic mass is 32.1. The van der Waals surface area contributed by atoms with Gasteiger partial charge in [0, 0.05) is 24.1 Å². The van der Waals surface area contributed by atoms with Crippen LogP contribution in [0.3, 0.4) is 0 Å². The molecular formula is C17H22N2O3S. The van der Waals surface area contributed by atoms with Gasteiger partial charge in [-0.1, -0.05) is 13.3 Å². The Labute approximate surface area is 140 Å². The van der Waals surface area contributed by atoms with Gasteiger partial charge in [0.2, 0.25) is 6.79 Å². The first-order valence-electron chi connectivity index (χ1n) is 7.96. The van der Waals surface area contributed by atoms with Crippen molar-refractivity contribution in [3.8, 4) is 22.1 Å². The Kier molecular flexibility index (Phi) is 5.48. The number of nitrogens with one attached hydrogen (secondary N) is 1. The molecule has 0 fully saturated rings. The largest absolute Gasteiger partial charge is 0.454 e. The van der Waals surface area contributed by atoms with Crippen LogP contribution in [0.5, 0.6) is 11.5 Å². The molecule has 5 nitrogen and oxygen atoms in total. The summed E-state index contributed by atoms with van der Waals surface area (Å²) in [6.45, 7) is 4.36. The molecule has 6 heteroatoms. The van der Waals surface area contributed by atoms with Crippen LogP contribution in [0.4, 0.5) is 0 Å². The number of fused-ring (bicyclic) bond motifs is 1. The molecule has 0 radical (unpaired) electrons. The molecule has 2 heterocycles. The van der Waals surface area contributed by atoms with Crippen LogP contribution in [-0.2, 0) is 6.54 Å². The number of thiazole rings is 1. The number of nitrogens with zero attached hydrogens (tertiary/aromatic N) is 1. The molecule has 0 saturated carbocycles. The standard InChI is InChI=1S/C17H22N2O3S/c1-2-12(5-6-20)8-18-9-14-10-23-17(19-14)13-3-4-15-16(7-13)22-11-21-15/h3-4,7,10,12,18,20H,2,5-6,8-9,11H2,1H3. The molecule has 2 aromatic rings. The molecule has 1 aromatic carbocycles. The van der Waals surface area contributed by atoms with Crippen molar-refractivity contribution in [2.24, 2.45) is 5.92 Å². The van der Waals surface area contributed by atoms with Crippen molar-refractivity contribution < 1.29 is 14.6 Å². The average Bonchev–Trinajstić information content (AvgIpc) is 3.22. The van der Waals surface area contributed by atoms with Crippen LogP contribution in [-0.4, -0.2) is 30.0 Å². The van der Waals surface area contributed by atoms with Gasteiger partial charge in [-0.15, -0.1) is 11.3 Å². The number of benzene rings is 1. The van der Waals surface area contributed by atoms with E-state index in [4.69, 9.17) is 14.6 Å². The minimum absolute atomic E-state index is 0.255. The Morgan fingerprint density at radius 3 is 3.04 bits per heavy atom. The van der Waals surface area contributed by atoms with E-state index in [0.717, 1.165) is 53.7 Å². The molecule has 1 atom stereocenters. The summed E-state index contributed by atoms with van der Waals surface area (Å²) < 4.78 is 10.7. The third kappa shape index (κ3) is 4.02. The summed E-state index contributed by atoms with van der Waals surface area (Å²) in [5.41, 5.74) is 2.10. The Hall–Kier alpha value is -1.63. The van der Waals surface area contributed by atoms with Gasteiger partial charge in [-0.3, -0.25) is 0 Å². The summed E-state index contributed by atoms with van der Waals surface area (Å²) in [6.07, 6.45) is 1.93. The van der Waals surface area contributed by atoms with Crippen LogP contribution >= 0.6 is 11.3 Å². The van der Waals surface area contributed by atoms with Gasteiger partial charge in [0.1, 0.15) is 5.01 Å². The summed E-state index contributed by atoms with van der Waals surface area (Å²) in [5, 5.41) is 15.5. The van der Waals surface area contributed by atoms with Crippen LogP contribution in [0.15, 0.2) is 23.6 Å². The number of hydrogen-bond acceptors (Lipinski definition) is 6. The fourth-order valence-electron chi connectivity index (χ4n) is 2.59. The van der Waals surface area contributed by atoms with E-state index in [0.29, 0.717) is 5.92 Å². The summed E-state index contributed by atoms with van der Waals surface area (Å²) in [6, 6.07) is 5.92. The highest BCUT2D eigenvalue weighted by Crippen LogP contribution is 2.36. The number of aliphatic hydroxyl groups excluding tert-OH is 1. The van der Waals surface area contributed by atoms with Crippen LogP contribution in [0.2, 0.25) is 0 Å². The molecule has 0 amide bonds. The van der Waals surface area contributed by atoms with Gasteiger partial charge in [-0.25, -0.2) is 4.98 Å². The zero-order valence-electron chi connectivity index (χ0n) is 13.2. The fourth-order valence-corrected chi connectivity index (χ4v) is 3.40. The van der Waals surface area contributed by atoms with E-state index in [1.54, 1.807) is 11.3 Å². The van der Waals surface area contributed by atoms with Crippen molar-refractivity contribution in [2.45, 2.75) is 26.3 Å². The number of aliphatic hydroxyl groups is 1. The van der Waals surface area contributed by atoms with Crippen molar-refractivity contribution in [2.75, 3.05) is 19.9 Å². The first-order valence-corrected chi connectivity index (χ1v) is 8.84. The van der Waals surface area contributed by atoms with Crippen molar-refractivity contribution >= 4 is 11.3 Å². The lowest BCUT2D eigenvalue weighted by Crippen LogP contribution is -2.23. The smallest absolute Gasteiger partial charge is 0.231 e. The lowest BCUT2D eigenvalue weighted by molar-refractivity contribution is 0.174. The molecule has 3 rings (SSSR count). The van der Waals surface area contributed by atoms with E-state index in [1.165, 1.54) is 0 Å². The first kappa shape index (κ1) is 16.2. The minimum atomic E-state index is 0.255. The monoisotopic (exact) mass is 334 g/mol. The Balaban J connectivity index is 1.58. The molecule has 2 N–H and O–H groups in total. The highest BCUT2D eigenvalue weighted by Gasteiger charge is 2.15. The van der Waals surface area contributed by atoms with E-state index in [9.17, 15) is 0 Å². The Morgan fingerprint density at radius 1 is 1.35 bits per heavy atom. The first-order chi connectivity index (χ1) is 11.3. The lowest BCUT2D eigenvalue weighted by Gasteiger charge is -2.13. The lowest BCUT2D eigenvalue weighted by atomic mass is 10.0. The van der Waals surface area contributed by atoms with Gasteiger partial charge in [0.25, 0.3) is 0 Å². The number of hydrogen-bond donors (Lipinski definition) is 2. The maximum atomic E-state index is 9.02. The van der Waals surface area contributed by atoms with Gasteiger partial charge in [-0.05, 0) is 37.1 Å². The van der Waals surface area contributed by atoms with E-state index in [1.807, 2.05) is 18.2 Å². The summed E-state index contributed by atoms with van der Waals surface area (Å²) in [5.74, 6) is 2.10. The van der Waals surface area contributed by atoms with Gasteiger partial charge in [0.05, 0.1) is 5.69 Å². The Morgan fingerprint density at radius 2 is 2.22 bits per heavy atom. The molecular weight excluding hydrogens is 312 g/mol. The SMILES string of the molecule is CCC(CCO)CNCc1csc(-c2ccc3c(c2)OCO3)n1. The second kappa shape index (κ2) is 7.77. The molecule has 1 aromatic heterocycles. The number of ether oxygens (including phenoxy) is 2. The van der Waals surface area contributed by atoms with Gasteiger partial charge in [0.15, 0.2) is 11.5 Å². The highest BCUT2D eigenvalue weighted by molar-refractivity contribution is 7.13. The predicted octanol–water partition coefficient (Wildman–Crippen LogP) is 3.04. The fraction of sp³-hybridized carbons (Fsp3) is 0.471. The third-order valence-corrected chi connectivity index (χ3v) is 4.97. The van der Waals surface area contributed by atoms with E-state index < -0.39 is 0 Å². The maximum Gasteiger partial charge on any atom is 0.231 e. The minimum Gasteiger partial charge on any atom is -0.454 e. The zero-order valence-corrected chi connectivity index (χ0v) is 14.1. The van der Waals surface area contributed by atoms with Crippen molar-refractivity contribution in [3.63, 3.8) is 0 Å². The van der Waals surface area contributed by atoms with Crippen molar-refractivity contribution in [3.05, 3.63) is 29.3 Å². The zero-order chi connectivity index (χ0) is 16.1. The predicted molar refractivity (Wildman–Crippen MR) is 90.9 cm³/mol. The normalized spacial score (nSPS) is 14.2. The van der Waals surface area contributed by atoms with Crippen molar-refractivity contribution in [1.82, 2.24) is 10.3 Å². The molecule has 1 aliphatic rings. The van der Waals surface area contributed by atoms with E-state index in [2.05, 4.69) is 22.6 Å². The number of rotatable bonds is 8. The average molecular weight is 334 g/mol. The summed E-state index contributed by atoms with van der Waals surface area (Å²) in [7, 11) is 0. The van der Waals surface area contributed by atoms with E-state index in [-0.39, 0.29) is 13.4 Å². The quantitative estimate of drug-likeness (QED) is 0.777. The van der Waals surface area contributed by atoms with Gasteiger partial charge >= 0.3 is 0 Å². The van der Waals surface area contributed by atoms with Crippen LogP contribution in [0, 0.1) is 5.92 Å². The van der Waals surface area contributed by atoms with Gasteiger partial charge in [-0.2, -0.15) is 0 Å². The molecule has 0 spiro atoms. The third-order valence-electron chi connectivity index (χ3n) is 4.03. The van der Waals surface area contributed by atoms with Crippen LogP contribution in [0.1, 0.15) is 25.5 Å². The topological polar surface area (TPSA) is 63.6 Å². The van der Waals surface area contributed by atoms with Gasteiger partial charge < -0.3 is 19.9 Å². The molecule has 0 bridgehead atoms. The molecule has 1 unspecified atom stereocenters. The van der Waals surface area contributed by atoms with Crippen molar-refractivity contribution in [1.29, 1.82) is 0 Å². The van der Waals surface area contributed by atoms with Crippen LogP contribution in [0.25, 0.3) is 10.6 Å². The molecule has 23 heavy (non-hydrogen) atoms. The number of aromatic nitrogens is 1. The molecule has 124 valence electrons. The van der Waals surface area contributed by atoms with Crippen LogP contribution < -0.4 is 14.8 Å². The second-order valence-corrected chi connectivity index (χ2v) is 6.49. The second-order valence-electron chi connectivity index (χ2n) is 5.63. The summed E-state index contributed by atoms with van der Waals surface area (Å²) >= 11 is 1.64. The molecule has 0 saturated heterocycles. The summed E-state index contributed by atoms with van der Waals surface area (Å²) in [4.78, 5) is 4.68. The molecule has 0 aliphatic carbocycles. The maximum absolute atomic E-state index is 9.02. The van der Waals surface area contributed by atoms with E-state index >= 15 is 0 Å². The Bertz CT molecular complexity index is 645.